The number of carbonyl (C=O) groups is 2. The van der Waals surface area contributed by atoms with Crippen LogP contribution in [0.4, 0.5) is 10.1 Å². The summed E-state index contributed by atoms with van der Waals surface area (Å²) < 4.78 is 13.0. The molecule has 0 fully saturated rings. The zero-order chi connectivity index (χ0) is 15.9. The summed E-state index contributed by atoms with van der Waals surface area (Å²) in [7, 11) is 0. The highest BCUT2D eigenvalue weighted by Crippen LogP contribution is 2.24. The van der Waals surface area contributed by atoms with Crippen molar-refractivity contribution in [1.29, 1.82) is 0 Å². The number of aromatic nitrogens is 1. The number of aliphatic carboxylic acids is 1. The molecule has 6 heteroatoms. The van der Waals surface area contributed by atoms with E-state index < -0.39 is 17.7 Å². The Kier molecular flexibility index (Phi) is 5.19. The molecule has 1 heterocycles. The zero-order valence-electron chi connectivity index (χ0n) is 11.7. The Morgan fingerprint density at radius 3 is 2.50 bits per heavy atom. The van der Waals surface area contributed by atoms with E-state index in [4.69, 9.17) is 5.11 Å². The number of hydrogen-bond acceptors (Lipinski definition) is 3. The molecule has 5 nitrogen and oxygen atoms in total. The van der Waals surface area contributed by atoms with Crippen LogP contribution in [0.25, 0.3) is 0 Å². The smallest absolute Gasteiger partial charge is 0.303 e. The molecular weight excluding hydrogens is 287 g/mol. The van der Waals surface area contributed by atoms with E-state index in [2.05, 4.69) is 10.3 Å². The number of nitrogens with one attached hydrogen (secondary N) is 1. The highest BCUT2D eigenvalue weighted by atomic mass is 19.1. The molecule has 1 atom stereocenters. The second kappa shape index (κ2) is 7.31. The second-order valence-electron chi connectivity index (χ2n) is 4.84. The molecule has 1 aromatic carbocycles. The number of nitrogens with zero attached hydrogens (tertiary/aromatic N) is 1. The van der Waals surface area contributed by atoms with Crippen LogP contribution in [0.15, 0.2) is 48.8 Å². The lowest BCUT2D eigenvalue weighted by molar-refractivity contribution is -0.137. The predicted octanol–water partition coefficient (Wildman–Crippen LogP) is 2.81. The fraction of sp³-hybridized carbons (Fsp3) is 0.188. The lowest BCUT2D eigenvalue weighted by atomic mass is 9.92. The van der Waals surface area contributed by atoms with Gasteiger partial charge in [0.1, 0.15) is 5.82 Å². The number of rotatable bonds is 6. The topological polar surface area (TPSA) is 79.3 Å². The van der Waals surface area contributed by atoms with E-state index in [0.717, 1.165) is 0 Å². The van der Waals surface area contributed by atoms with Crippen molar-refractivity contribution in [1.82, 2.24) is 4.98 Å². The summed E-state index contributed by atoms with van der Waals surface area (Å²) in [6.45, 7) is 0. The van der Waals surface area contributed by atoms with Crippen LogP contribution in [-0.4, -0.2) is 22.0 Å². The third kappa shape index (κ3) is 4.66. The van der Waals surface area contributed by atoms with Crippen LogP contribution < -0.4 is 5.32 Å². The fourth-order valence-corrected chi connectivity index (χ4v) is 2.13. The van der Waals surface area contributed by atoms with Gasteiger partial charge < -0.3 is 10.4 Å². The molecule has 0 saturated heterocycles. The number of carboxylic acids is 1. The first-order valence-electron chi connectivity index (χ1n) is 6.71. The van der Waals surface area contributed by atoms with Gasteiger partial charge in [0.05, 0.1) is 18.3 Å². The number of carbonyl (C=O) groups excluding carboxylic acids is 1. The van der Waals surface area contributed by atoms with Crippen LogP contribution in [0.1, 0.15) is 24.3 Å². The molecule has 0 saturated carbocycles. The summed E-state index contributed by atoms with van der Waals surface area (Å²) in [6.07, 6.45) is 2.88. The maximum absolute atomic E-state index is 13.0. The van der Waals surface area contributed by atoms with Gasteiger partial charge in [0.15, 0.2) is 0 Å². The summed E-state index contributed by atoms with van der Waals surface area (Å²) >= 11 is 0. The van der Waals surface area contributed by atoms with Gasteiger partial charge in [-0.25, -0.2) is 4.39 Å². The standard InChI is InChI=1S/C16H15FN2O3/c17-13-5-3-11(4-6-13)12(9-16(21)22)8-15(20)19-14-2-1-7-18-10-14/h1-7,10,12H,8-9H2,(H,19,20)(H,21,22)/t12-/m0/s1. The third-order valence-corrected chi connectivity index (χ3v) is 3.14. The molecular formula is C16H15FN2O3. The quantitative estimate of drug-likeness (QED) is 0.860. The van der Waals surface area contributed by atoms with E-state index in [-0.39, 0.29) is 18.7 Å². The summed E-state index contributed by atoms with van der Waals surface area (Å²) in [5.74, 6) is -2.25. The second-order valence-corrected chi connectivity index (χ2v) is 4.84. The minimum absolute atomic E-state index is 0.00712. The van der Waals surface area contributed by atoms with Crippen LogP contribution in [0, 0.1) is 5.82 Å². The number of pyridine rings is 1. The first-order chi connectivity index (χ1) is 10.5. The van der Waals surface area contributed by atoms with Gasteiger partial charge in [0.25, 0.3) is 0 Å². The molecule has 1 aromatic heterocycles. The molecule has 0 aliphatic carbocycles. The first kappa shape index (κ1) is 15.6. The van der Waals surface area contributed by atoms with Crippen molar-refractivity contribution >= 4 is 17.6 Å². The van der Waals surface area contributed by atoms with Gasteiger partial charge in [-0.1, -0.05) is 12.1 Å². The van der Waals surface area contributed by atoms with E-state index in [1.54, 1.807) is 18.3 Å². The van der Waals surface area contributed by atoms with Crippen LogP contribution >= 0.6 is 0 Å². The largest absolute Gasteiger partial charge is 0.481 e. The Bertz CT molecular complexity index is 644. The number of carboxylic acid groups (broad SMARTS) is 1. The minimum Gasteiger partial charge on any atom is -0.481 e. The molecule has 2 aromatic rings. The Hall–Kier alpha value is -2.76. The van der Waals surface area contributed by atoms with Crippen molar-refractivity contribution in [3.05, 3.63) is 60.2 Å². The van der Waals surface area contributed by atoms with E-state index in [1.807, 2.05) is 0 Å². The molecule has 0 bridgehead atoms. The van der Waals surface area contributed by atoms with Gasteiger partial charge >= 0.3 is 5.97 Å². The summed E-state index contributed by atoms with van der Waals surface area (Å²) in [5.41, 5.74) is 1.16. The zero-order valence-corrected chi connectivity index (χ0v) is 11.7. The highest BCUT2D eigenvalue weighted by Gasteiger charge is 2.19. The lowest BCUT2D eigenvalue weighted by Crippen LogP contribution is -2.17. The Labute approximate surface area is 126 Å². The summed E-state index contributed by atoms with van der Waals surface area (Å²) in [5, 5.41) is 11.6. The third-order valence-electron chi connectivity index (χ3n) is 3.14. The average Bonchev–Trinajstić information content (AvgIpc) is 2.48. The van der Waals surface area contributed by atoms with Crippen molar-refractivity contribution in [3.8, 4) is 0 Å². The maximum atomic E-state index is 13.0. The molecule has 22 heavy (non-hydrogen) atoms. The lowest BCUT2D eigenvalue weighted by Gasteiger charge is -2.15. The van der Waals surface area contributed by atoms with E-state index in [0.29, 0.717) is 11.3 Å². The number of halogens is 1. The molecule has 114 valence electrons. The normalized spacial score (nSPS) is 11.7. The Balaban J connectivity index is 2.07. The number of hydrogen-bond donors (Lipinski definition) is 2. The number of amides is 1. The number of anilines is 1. The molecule has 0 radical (unpaired) electrons. The number of benzene rings is 1. The van der Waals surface area contributed by atoms with Gasteiger partial charge in [0.2, 0.25) is 5.91 Å². The highest BCUT2D eigenvalue weighted by molar-refractivity contribution is 5.91. The minimum atomic E-state index is -1.01. The molecule has 1 amide bonds. The van der Waals surface area contributed by atoms with Crippen molar-refractivity contribution < 1.29 is 19.1 Å². The monoisotopic (exact) mass is 302 g/mol. The van der Waals surface area contributed by atoms with Crippen molar-refractivity contribution in [2.75, 3.05) is 5.32 Å². The molecule has 0 spiro atoms. The van der Waals surface area contributed by atoms with Crippen LogP contribution in [0.3, 0.4) is 0 Å². The SMILES string of the molecule is O=C(O)C[C@H](CC(=O)Nc1cccnc1)c1ccc(F)cc1. The van der Waals surface area contributed by atoms with Gasteiger partial charge in [-0.15, -0.1) is 0 Å². The molecule has 0 aliphatic heterocycles. The van der Waals surface area contributed by atoms with Gasteiger partial charge in [0, 0.05) is 18.5 Å². The van der Waals surface area contributed by atoms with Crippen LogP contribution in [0.5, 0.6) is 0 Å². The van der Waals surface area contributed by atoms with Gasteiger partial charge in [-0.05, 0) is 29.8 Å². The van der Waals surface area contributed by atoms with E-state index in [1.165, 1.54) is 30.5 Å². The Morgan fingerprint density at radius 2 is 1.91 bits per heavy atom. The Morgan fingerprint density at radius 1 is 1.18 bits per heavy atom. The van der Waals surface area contributed by atoms with Gasteiger partial charge in [-0.3, -0.25) is 14.6 Å². The summed E-state index contributed by atoms with van der Waals surface area (Å²) in [6, 6.07) is 8.88. The van der Waals surface area contributed by atoms with Crippen LogP contribution in [-0.2, 0) is 9.59 Å². The van der Waals surface area contributed by atoms with Crippen molar-refractivity contribution in [2.24, 2.45) is 0 Å². The van der Waals surface area contributed by atoms with Crippen LogP contribution in [0.2, 0.25) is 0 Å². The van der Waals surface area contributed by atoms with Crippen molar-refractivity contribution in [3.63, 3.8) is 0 Å². The van der Waals surface area contributed by atoms with Crippen molar-refractivity contribution in [2.45, 2.75) is 18.8 Å². The van der Waals surface area contributed by atoms with Gasteiger partial charge in [-0.2, -0.15) is 0 Å². The summed E-state index contributed by atoms with van der Waals surface area (Å²) in [4.78, 5) is 26.9. The maximum Gasteiger partial charge on any atom is 0.303 e. The first-order valence-corrected chi connectivity index (χ1v) is 6.71. The van der Waals surface area contributed by atoms with E-state index >= 15 is 0 Å². The molecule has 2 N–H and O–H groups in total. The molecule has 0 aliphatic rings. The molecule has 0 unspecified atom stereocenters. The average molecular weight is 302 g/mol. The van der Waals surface area contributed by atoms with E-state index in [9.17, 15) is 14.0 Å². The predicted molar refractivity (Wildman–Crippen MR) is 78.9 cm³/mol. The fourth-order valence-electron chi connectivity index (χ4n) is 2.13. The molecule has 2 rings (SSSR count).